The van der Waals surface area contributed by atoms with E-state index in [9.17, 15) is 78.0 Å². The predicted octanol–water partition coefficient (Wildman–Crippen LogP) is -2.13. The Labute approximate surface area is 569 Å². The van der Waals surface area contributed by atoms with Crippen molar-refractivity contribution in [3.8, 4) is 0 Å². The van der Waals surface area contributed by atoms with Crippen molar-refractivity contribution < 1.29 is 78.0 Å². The van der Waals surface area contributed by atoms with Gasteiger partial charge in [0, 0.05) is 19.4 Å². The second-order valence-electron chi connectivity index (χ2n) is 24.7. The number of benzene rings is 1. The molecule has 0 unspecified atom stereocenters. The Kier molecular flexibility index (Phi) is 45.9. The van der Waals surface area contributed by atoms with Gasteiger partial charge in [-0.15, -0.1) is 0 Å². The van der Waals surface area contributed by atoms with E-state index in [4.69, 9.17) is 28.7 Å². The van der Waals surface area contributed by atoms with Gasteiger partial charge in [0.05, 0.1) is 26.2 Å². The van der Waals surface area contributed by atoms with Gasteiger partial charge >= 0.3 is 5.97 Å². The number of unbranched alkanes of at least 4 members (excludes halogenated alkanes) is 14. The number of nitrogens with two attached hydrogens (primary N) is 5. The van der Waals surface area contributed by atoms with E-state index < -0.39 is 158 Å². The third-order valence-electron chi connectivity index (χ3n) is 15.7. The standard InChI is InChI=1S/C65H114N16O16/c1-5-6-7-8-9-10-11-12-13-14-15-16-20-31-54(86)73-48(37-53(68)85)60(92)75-46(30-25-34-71-65(69)70)58(90)79-51(39-83)62(94)76-44(28-21-23-32-66)56(88)74-45(29-22-24-33-67)57(89)80-52(40-84)63(95)81-50(38-82)61(93)72-42(4)55(87)77-47(35-41(2)3)59(91)78-49(64(96)97)36-43-26-18-17-19-27-43/h17-19,26-27,41-42,44-52,82-84H,5-16,20-25,28-40,66-67H2,1-4H3,(H2,68,85)(H,72,93)(H,73,86)(H,74,88)(H,75,92)(H,76,94)(H,77,87)(H,78,91)(H,79,90)(H,80,89)(H,81,95)(H,96,97)(H4,69,70,71)/t42-,44-,45-,46-,47-,48-,49-,50-,51-,52-/m0/s1. The van der Waals surface area contributed by atoms with Crippen LogP contribution in [0, 0.1) is 5.92 Å². The number of nitrogens with one attached hydrogen (secondary N) is 10. The van der Waals surface area contributed by atoms with Gasteiger partial charge in [-0.1, -0.05) is 128 Å². The number of carbonyl (C=O) groups is 12. The number of carboxylic acid groups (broad SMARTS) is 1. The maximum Gasteiger partial charge on any atom is 0.326 e. The molecule has 0 heterocycles. The fourth-order valence-electron chi connectivity index (χ4n) is 10.2. The van der Waals surface area contributed by atoms with E-state index in [1.54, 1.807) is 44.2 Å². The van der Waals surface area contributed by atoms with Gasteiger partial charge in [0.1, 0.15) is 60.4 Å². The Morgan fingerprint density at radius 3 is 1.20 bits per heavy atom. The van der Waals surface area contributed by atoms with Gasteiger partial charge in [-0.3, -0.25) is 57.7 Å². The second kappa shape index (κ2) is 51.2. The summed E-state index contributed by atoms with van der Waals surface area (Å²) in [5.74, 6) is -12.2. The van der Waals surface area contributed by atoms with Crippen LogP contribution < -0.4 is 81.8 Å². The number of aliphatic carboxylic acids is 1. The fraction of sp³-hybridized carbons (Fsp3) is 0.708. The average molecular weight is 1380 g/mol. The van der Waals surface area contributed by atoms with Crippen molar-refractivity contribution in [2.75, 3.05) is 39.5 Å². The van der Waals surface area contributed by atoms with E-state index in [0.717, 1.165) is 32.1 Å². The van der Waals surface area contributed by atoms with Crippen LogP contribution in [0.5, 0.6) is 0 Å². The number of rotatable bonds is 55. The van der Waals surface area contributed by atoms with Crippen LogP contribution in [0.1, 0.15) is 187 Å². The summed E-state index contributed by atoms with van der Waals surface area (Å²) in [7, 11) is 0. The van der Waals surface area contributed by atoms with E-state index in [2.05, 4.69) is 65.1 Å². The minimum absolute atomic E-state index is 0.0140. The lowest BCUT2D eigenvalue weighted by Crippen LogP contribution is -2.61. The first kappa shape index (κ1) is 86.9. The number of nitrogens with zero attached hydrogens (tertiary/aromatic N) is 1. The molecule has 0 spiro atoms. The Bertz CT molecular complexity index is 2600. The van der Waals surface area contributed by atoms with Crippen LogP contribution in [0.2, 0.25) is 0 Å². The summed E-state index contributed by atoms with van der Waals surface area (Å²) < 4.78 is 0. The van der Waals surface area contributed by atoms with Gasteiger partial charge in [-0.25, -0.2) is 4.79 Å². The third kappa shape index (κ3) is 38.5. The van der Waals surface area contributed by atoms with Gasteiger partial charge in [0.15, 0.2) is 5.96 Å². The number of hydrogen-bond acceptors (Lipinski definition) is 18. The molecule has 97 heavy (non-hydrogen) atoms. The van der Waals surface area contributed by atoms with Crippen LogP contribution in [0.25, 0.3) is 0 Å². The number of amides is 11. The molecule has 0 aliphatic carbocycles. The molecule has 24 N–H and O–H groups in total. The summed E-state index contributed by atoms with van der Waals surface area (Å²) in [6, 6.07) is -6.78. The van der Waals surface area contributed by atoms with Crippen molar-refractivity contribution >= 4 is 76.9 Å². The van der Waals surface area contributed by atoms with E-state index in [1.807, 2.05) is 0 Å². The van der Waals surface area contributed by atoms with Crippen LogP contribution in [-0.2, 0) is 64.0 Å². The summed E-state index contributed by atoms with van der Waals surface area (Å²) in [5.41, 5.74) is 28.5. The van der Waals surface area contributed by atoms with E-state index in [0.29, 0.717) is 24.8 Å². The van der Waals surface area contributed by atoms with Gasteiger partial charge in [0.25, 0.3) is 0 Å². The number of carbonyl (C=O) groups excluding carboxylic acids is 11. The molecule has 1 aromatic carbocycles. The molecule has 550 valence electrons. The Morgan fingerprint density at radius 2 is 0.794 bits per heavy atom. The van der Waals surface area contributed by atoms with Crippen LogP contribution >= 0.6 is 0 Å². The molecule has 0 bridgehead atoms. The van der Waals surface area contributed by atoms with E-state index >= 15 is 0 Å². The number of aliphatic hydroxyl groups excluding tert-OH is 3. The summed E-state index contributed by atoms with van der Waals surface area (Å²) in [5, 5.41) is 65.2. The molecule has 32 nitrogen and oxygen atoms in total. The average Bonchev–Trinajstić information content (AvgIpc) is 0.923. The highest BCUT2D eigenvalue weighted by molar-refractivity contribution is 5.99. The number of aliphatic imine (C=N–C) groups is 1. The van der Waals surface area contributed by atoms with Crippen LogP contribution in [0.3, 0.4) is 0 Å². The number of guanidine groups is 1. The van der Waals surface area contributed by atoms with Crippen LogP contribution in [0.4, 0.5) is 0 Å². The summed E-state index contributed by atoms with van der Waals surface area (Å²) >= 11 is 0. The third-order valence-corrected chi connectivity index (χ3v) is 15.7. The normalized spacial score (nSPS) is 14.2. The SMILES string of the molecule is CCCCCCCCCCCCCCCC(=O)N[C@@H](CC(N)=O)C(=O)N[C@@H](CCCN=C(N)N)C(=O)N[C@@H](CO)C(=O)N[C@@H](CCCCN)C(=O)N[C@@H](CCCCN)C(=O)N[C@@H](CO)C(=O)N[C@@H](CO)C(=O)N[C@@H](C)C(=O)N[C@@H](CC(C)C)C(=O)N[C@@H](Cc1ccccc1)C(=O)O. The molecule has 1 aromatic rings. The highest BCUT2D eigenvalue weighted by atomic mass is 16.4. The molecule has 0 aliphatic heterocycles. The molecule has 0 aromatic heterocycles. The lowest BCUT2D eigenvalue weighted by molar-refractivity contribution is -0.142. The van der Waals surface area contributed by atoms with Gasteiger partial charge in [-0.05, 0) is 95.7 Å². The minimum Gasteiger partial charge on any atom is -0.480 e. The molecule has 0 radical (unpaired) electrons. The lowest BCUT2D eigenvalue weighted by Gasteiger charge is -2.27. The molecular weight excluding hydrogens is 1260 g/mol. The molecular formula is C65H114N16O16. The maximum absolute atomic E-state index is 14.2. The smallest absolute Gasteiger partial charge is 0.326 e. The largest absolute Gasteiger partial charge is 0.480 e. The first-order valence-corrected chi connectivity index (χ1v) is 34.1. The first-order valence-electron chi connectivity index (χ1n) is 34.1. The maximum atomic E-state index is 14.2. The summed E-state index contributed by atoms with van der Waals surface area (Å²) in [6.45, 7) is 4.12. The number of hydrogen-bond donors (Lipinski definition) is 19. The Hall–Kier alpha value is -8.07. The van der Waals surface area contributed by atoms with E-state index in [-0.39, 0.29) is 89.3 Å². The van der Waals surface area contributed by atoms with Crippen molar-refractivity contribution in [2.24, 2.45) is 39.6 Å². The number of carboxylic acids is 1. The highest BCUT2D eigenvalue weighted by Crippen LogP contribution is 2.15. The first-order chi connectivity index (χ1) is 46.2. The van der Waals surface area contributed by atoms with Crippen molar-refractivity contribution in [2.45, 2.75) is 249 Å². The van der Waals surface area contributed by atoms with Crippen molar-refractivity contribution in [1.82, 2.24) is 53.2 Å². The molecule has 11 amide bonds. The fourth-order valence-corrected chi connectivity index (χ4v) is 10.2. The second-order valence-corrected chi connectivity index (χ2v) is 24.7. The molecule has 0 fully saturated rings. The van der Waals surface area contributed by atoms with Gasteiger partial charge < -0.3 is 102 Å². The Balaban J connectivity index is 3.22. The number of primary amides is 1. The molecule has 0 aliphatic rings. The zero-order valence-electron chi connectivity index (χ0n) is 57.2. The van der Waals surface area contributed by atoms with E-state index in [1.165, 1.54) is 51.9 Å². The quantitative estimate of drug-likeness (QED) is 0.0188. The van der Waals surface area contributed by atoms with Crippen LogP contribution in [-0.4, -0.2) is 197 Å². The van der Waals surface area contributed by atoms with Gasteiger partial charge in [-0.2, -0.15) is 0 Å². The number of aliphatic hydroxyl groups is 3. The summed E-state index contributed by atoms with van der Waals surface area (Å²) in [4.78, 5) is 165. The molecule has 0 saturated carbocycles. The topological polar surface area (TPSA) is 549 Å². The monoisotopic (exact) mass is 1370 g/mol. The van der Waals surface area contributed by atoms with Crippen molar-refractivity contribution in [3.05, 3.63) is 35.9 Å². The molecule has 1 rings (SSSR count). The zero-order valence-corrected chi connectivity index (χ0v) is 57.2. The summed E-state index contributed by atoms with van der Waals surface area (Å²) in [6.07, 6.45) is 14.5. The molecule has 10 atom stereocenters. The zero-order chi connectivity index (χ0) is 72.7. The van der Waals surface area contributed by atoms with Gasteiger partial charge in [0.2, 0.25) is 65.0 Å². The van der Waals surface area contributed by atoms with Crippen molar-refractivity contribution in [1.29, 1.82) is 0 Å². The molecule has 0 saturated heterocycles. The lowest BCUT2D eigenvalue weighted by atomic mass is 10.0. The van der Waals surface area contributed by atoms with Crippen molar-refractivity contribution in [3.63, 3.8) is 0 Å². The Morgan fingerprint density at radius 1 is 0.423 bits per heavy atom. The minimum atomic E-state index is -1.82. The predicted molar refractivity (Wildman–Crippen MR) is 363 cm³/mol. The highest BCUT2D eigenvalue weighted by Gasteiger charge is 2.36. The van der Waals surface area contributed by atoms with Crippen LogP contribution in [0.15, 0.2) is 35.3 Å². The molecule has 32 heteroatoms.